The zero-order valence-electron chi connectivity index (χ0n) is 11.9. The van der Waals surface area contributed by atoms with E-state index >= 15 is 0 Å². The first-order valence-corrected chi connectivity index (χ1v) is 7.76. The minimum Gasteiger partial charge on any atom is -0.330 e. The Morgan fingerprint density at radius 1 is 1.11 bits per heavy atom. The van der Waals surface area contributed by atoms with Crippen LogP contribution in [0.4, 0.5) is 0 Å². The first-order chi connectivity index (χ1) is 9.30. The second-order valence-electron chi connectivity index (χ2n) is 6.63. The van der Waals surface area contributed by atoms with Gasteiger partial charge in [0.2, 0.25) is 0 Å². The second-order valence-corrected chi connectivity index (χ2v) is 6.63. The van der Waals surface area contributed by atoms with Crippen LogP contribution in [-0.4, -0.2) is 24.5 Å². The predicted molar refractivity (Wildman–Crippen MR) is 79.8 cm³/mol. The highest BCUT2D eigenvalue weighted by atomic mass is 15.2. The van der Waals surface area contributed by atoms with Crippen LogP contribution in [0, 0.1) is 11.3 Å². The zero-order chi connectivity index (χ0) is 13.1. The molecule has 0 atom stereocenters. The van der Waals surface area contributed by atoms with Crippen molar-refractivity contribution in [1.29, 1.82) is 0 Å². The summed E-state index contributed by atoms with van der Waals surface area (Å²) in [4.78, 5) is 2.65. The maximum Gasteiger partial charge on any atom is 0.0233 e. The molecule has 1 aliphatic carbocycles. The van der Waals surface area contributed by atoms with E-state index in [9.17, 15) is 0 Å². The van der Waals surface area contributed by atoms with E-state index in [4.69, 9.17) is 5.73 Å². The number of hydrogen-bond acceptors (Lipinski definition) is 2. The number of likely N-dealkylation sites (tertiary alicyclic amines) is 1. The van der Waals surface area contributed by atoms with Gasteiger partial charge in [-0.15, -0.1) is 0 Å². The lowest BCUT2D eigenvalue weighted by atomic mass is 9.70. The summed E-state index contributed by atoms with van der Waals surface area (Å²) in [5, 5.41) is 0. The van der Waals surface area contributed by atoms with Crippen molar-refractivity contribution in [3.05, 3.63) is 35.9 Å². The molecule has 104 valence electrons. The van der Waals surface area contributed by atoms with Gasteiger partial charge in [-0.1, -0.05) is 30.3 Å². The van der Waals surface area contributed by atoms with Crippen molar-refractivity contribution in [2.45, 2.75) is 38.6 Å². The largest absolute Gasteiger partial charge is 0.330 e. The quantitative estimate of drug-likeness (QED) is 0.903. The Morgan fingerprint density at radius 2 is 1.84 bits per heavy atom. The minimum absolute atomic E-state index is 0.625. The number of nitrogens with two attached hydrogens (primary N) is 1. The molecular weight excluding hydrogens is 232 g/mol. The molecule has 2 N–H and O–H groups in total. The fourth-order valence-electron chi connectivity index (χ4n) is 3.94. The lowest BCUT2D eigenvalue weighted by molar-refractivity contribution is 0.151. The molecule has 19 heavy (non-hydrogen) atoms. The van der Waals surface area contributed by atoms with Crippen molar-refractivity contribution in [1.82, 2.24) is 4.90 Å². The maximum absolute atomic E-state index is 5.81. The highest BCUT2D eigenvalue weighted by Crippen LogP contribution is 2.45. The van der Waals surface area contributed by atoms with Gasteiger partial charge in [0.25, 0.3) is 0 Å². The van der Waals surface area contributed by atoms with Gasteiger partial charge in [0.1, 0.15) is 0 Å². The molecule has 2 aliphatic rings. The Balaban J connectivity index is 1.56. The van der Waals surface area contributed by atoms with Crippen molar-refractivity contribution < 1.29 is 0 Å². The predicted octanol–water partition coefficient (Wildman–Crippen LogP) is 3.03. The van der Waals surface area contributed by atoms with Crippen molar-refractivity contribution >= 4 is 0 Å². The molecule has 1 saturated heterocycles. The van der Waals surface area contributed by atoms with Gasteiger partial charge in [-0.3, -0.25) is 4.90 Å². The van der Waals surface area contributed by atoms with Crippen LogP contribution in [0.1, 0.15) is 37.7 Å². The van der Waals surface area contributed by atoms with Crippen molar-refractivity contribution in [3.8, 4) is 0 Å². The molecule has 0 bridgehead atoms. The molecule has 2 heteroatoms. The summed E-state index contributed by atoms with van der Waals surface area (Å²) in [5.74, 6) is 0.800. The van der Waals surface area contributed by atoms with Crippen LogP contribution in [-0.2, 0) is 6.54 Å². The SMILES string of the molecule is NCC1CCC2(CC1)CCN(Cc1ccccc1)C2. The van der Waals surface area contributed by atoms with Crippen LogP contribution in [0.2, 0.25) is 0 Å². The lowest BCUT2D eigenvalue weighted by Gasteiger charge is -2.37. The summed E-state index contributed by atoms with van der Waals surface area (Å²) in [6.07, 6.45) is 6.92. The molecule has 1 spiro atoms. The van der Waals surface area contributed by atoms with E-state index in [1.54, 1.807) is 0 Å². The van der Waals surface area contributed by atoms with Crippen LogP contribution in [0.5, 0.6) is 0 Å². The summed E-state index contributed by atoms with van der Waals surface area (Å²) in [7, 11) is 0. The molecule has 2 fully saturated rings. The van der Waals surface area contributed by atoms with E-state index < -0.39 is 0 Å². The fourth-order valence-corrected chi connectivity index (χ4v) is 3.94. The Labute approximate surface area is 117 Å². The Kier molecular flexibility index (Phi) is 3.90. The summed E-state index contributed by atoms with van der Waals surface area (Å²) in [6.45, 7) is 4.61. The van der Waals surface area contributed by atoms with E-state index in [0.29, 0.717) is 5.41 Å². The number of benzene rings is 1. The van der Waals surface area contributed by atoms with Gasteiger partial charge in [0.05, 0.1) is 0 Å². The number of rotatable bonds is 3. The molecule has 3 rings (SSSR count). The van der Waals surface area contributed by atoms with Crippen LogP contribution < -0.4 is 5.73 Å². The molecule has 0 unspecified atom stereocenters. The summed E-state index contributed by atoms with van der Waals surface area (Å²) in [5.41, 5.74) is 7.89. The highest BCUT2D eigenvalue weighted by Gasteiger charge is 2.40. The third-order valence-corrected chi connectivity index (χ3v) is 5.27. The molecule has 1 heterocycles. The first kappa shape index (κ1) is 13.1. The maximum atomic E-state index is 5.81. The van der Waals surface area contributed by atoms with Gasteiger partial charge in [-0.2, -0.15) is 0 Å². The van der Waals surface area contributed by atoms with Gasteiger partial charge < -0.3 is 5.73 Å². The first-order valence-electron chi connectivity index (χ1n) is 7.76. The van der Waals surface area contributed by atoms with Gasteiger partial charge in [0.15, 0.2) is 0 Å². The van der Waals surface area contributed by atoms with E-state index in [-0.39, 0.29) is 0 Å². The third-order valence-electron chi connectivity index (χ3n) is 5.27. The van der Waals surface area contributed by atoms with Crippen LogP contribution in [0.15, 0.2) is 30.3 Å². The van der Waals surface area contributed by atoms with E-state index in [1.807, 2.05) is 0 Å². The Morgan fingerprint density at radius 3 is 2.53 bits per heavy atom. The molecular formula is C17H26N2. The monoisotopic (exact) mass is 258 g/mol. The average molecular weight is 258 g/mol. The molecule has 0 radical (unpaired) electrons. The summed E-state index contributed by atoms with van der Waals surface area (Å²) < 4.78 is 0. The lowest BCUT2D eigenvalue weighted by Crippen LogP contribution is -2.33. The van der Waals surface area contributed by atoms with Crippen LogP contribution in [0.3, 0.4) is 0 Å². The zero-order valence-corrected chi connectivity index (χ0v) is 11.9. The van der Waals surface area contributed by atoms with E-state index in [2.05, 4.69) is 35.2 Å². The summed E-state index contributed by atoms with van der Waals surface area (Å²) in [6, 6.07) is 10.9. The molecule has 2 nitrogen and oxygen atoms in total. The molecule has 0 amide bonds. The molecule has 1 saturated carbocycles. The minimum atomic E-state index is 0.625. The molecule has 0 aromatic heterocycles. The topological polar surface area (TPSA) is 29.3 Å². The van der Waals surface area contributed by atoms with E-state index in [0.717, 1.165) is 19.0 Å². The highest BCUT2D eigenvalue weighted by molar-refractivity contribution is 5.14. The Bertz CT molecular complexity index is 393. The molecule has 1 aromatic carbocycles. The number of nitrogens with zero attached hydrogens (tertiary/aromatic N) is 1. The van der Waals surface area contributed by atoms with Gasteiger partial charge in [-0.25, -0.2) is 0 Å². The molecule has 1 aliphatic heterocycles. The fraction of sp³-hybridized carbons (Fsp3) is 0.647. The number of hydrogen-bond donors (Lipinski definition) is 1. The molecule has 1 aromatic rings. The Hall–Kier alpha value is -0.860. The standard InChI is InChI=1S/C17H26N2/c18-12-15-6-8-17(9-7-15)10-11-19(14-17)13-16-4-2-1-3-5-16/h1-5,15H,6-14,18H2. The smallest absolute Gasteiger partial charge is 0.0233 e. The average Bonchev–Trinajstić information content (AvgIpc) is 2.84. The van der Waals surface area contributed by atoms with Gasteiger partial charge >= 0.3 is 0 Å². The van der Waals surface area contributed by atoms with Gasteiger partial charge in [-0.05, 0) is 62.1 Å². The normalized spacial score (nSPS) is 31.9. The van der Waals surface area contributed by atoms with Crippen LogP contribution >= 0.6 is 0 Å². The van der Waals surface area contributed by atoms with Crippen molar-refractivity contribution in [3.63, 3.8) is 0 Å². The van der Waals surface area contributed by atoms with Crippen molar-refractivity contribution in [2.24, 2.45) is 17.1 Å². The third kappa shape index (κ3) is 3.01. The van der Waals surface area contributed by atoms with Gasteiger partial charge in [0, 0.05) is 13.1 Å². The van der Waals surface area contributed by atoms with Crippen LogP contribution in [0.25, 0.3) is 0 Å². The second kappa shape index (κ2) is 5.64. The van der Waals surface area contributed by atoms with Crippen molar-refractivity contribution in [2.75, 3.05) is 19.6 Å². The summed E-state index contributed by atoms with van der Waals surface area (Å²) >= 11 is 0. The van der Waals surface area contributed by atoms with E-state index in [1.165, 1.54) is 50.8 Å².